The van der Waals surface area contributed by atoms with Crippen molar-refractivity contribution in [1.29, 1.82) is 0 Å². The highest BCUT2D eigenvalue weighted by molar-refractivity contribution is 5.95. The maximum absolute atomic E-state index is 13.5. The molecule has 0 N–H and O–H groups in total. The van der Waals surface area contributed by atoms with E-state index in [4.69, 9.17) is 0 Å². The number of hydrogen-bond donors (Lipinski definition) is 0. The quantitative estimate of drug-likeness (QED) is 0.476. The summed E-state index contributed by atoms with van der Waals surface area (Å²) < 4.78 is 57.8. The maximum atomic E-state index is 13.5. The van der Waals surface area contributed by atoms with Crippen molar-refractivity contribution < 1.29 is 31.9 Å². The number of rotatable bonds is 2. The zero-order chi connectivity index (χ0) is 15.7. The lowest BCUT2D eigenvalue weighted by Crippen LogP contribution is -2.32. The van der Waals surface area contributed by atoms with Gasteiger partial charge < -0.3 is 9.64 Å². The van der Waals surface area contributed by atoms with Crippen LogP contribution in [0.25, 0.3) is 0 Å². The molecule has 1 atom stereocenters. The number of halogens is 4. The summed E-state index contributed by atoms with van der Waals surface area (Å²) in [5.41, 5.74) is -1.29. The summed E-state index contributed by atoms with van der Waals surface area (Å²) in [6.45, 7) is -0.0852. The molecule has 1 heterocycles. The zero-order valence-electron chi connectivity index (χ0n) is 11.0. The lowest BCUT2D eigenvalue weighted by atomic mass is 10.1. The van der Waals surface area contributed by atoms with Gasteiger partial charge in [0.25, 0.3) is 5.91 Å². The first-order valence-corrected chi connectivity index (χ1v) is 6.07. The minimum Gasteiger partial charge on any atom is -0.469 e. The van der Waals surface area contributed by atoms with Crippen molar-refractivity contribution in [2.24, 2.45) is 5.92 Å². The predicted octanol–water partition coefficient (Wildman–Crippen LogP) is 1.88. The van der Waals surface area contributed by atoms with Gasteiger partial charge in [-0.3, -0.25) is 9.59 Å². The van der Waals surface area contributed by atoms with E-state index in [-0.39, 0.29) is 25.6 Å². The number of ether oxygens (including phenoxy) is 1. The second-order valence-corrected chi connectivity index (χ2v) is 4.60. The molecule has 0 saturated carbocycles. The molecule has 114 valence electrons. The lowest BCUT2D eigenvalue weighted by Gasteiger charge is -2.17. The third-order valence-corrected chi connectivity index (χ3v) is 3.34. The minimum atomic E-state index is -1.75. The summed E-state index contributed by atoms with van der Waals surface area (Å²) in [7, 11) is 1.17. The Labute approximate surface area is 117 Å². The Kier molecular flexibility index (Phi) is 4.15. The topological polar surface area (TPSA) is 46.6 Å². The van der Waals surface area contributed by atoms with E-state index in [1.807, 2.05) is 0 Å². The molecule has 1 fully saturated rings. The number of carbonyl (C=O) groups excluding carboxylic acids is 2. The molecule has 0 aromatic heterocycles. The van der Waals surface area contributed by atoms with Gasteiger partial charge in [0.15, 0.2) is 23.3 Å². The fourth-order valence-corrected chi connectivity index (χ4v) is 2.22. The summed E-state index contributed by atoms with van der Waals surface area (Å²) in [4.78, 5) is 24.3. The normalized spacial score (nSPS) is 18.0. The van der Waals surface area contributed by atoms with Crippen LogP contribution in [0.4, 0.5) is 17.6 Å². The van der Waals surface area contributed by atoms with Crippen LogP contribution in [-0.2, 0) is 9.53 Å². The van der Waals surface area contributed by atoms with Crippen molar-refractivity contribution >= 4 is 11.9 Å². The molecule has 1 saturated heterocycles. The minimum absolute atomic E-state index is 0.0304. The van der Waals surface area contributed by atoms with Crippen molar-refractivity contribution in [3.05, 3.63) is 34.9 Å². The first-order chi connectivity index (χ1) is 9.86. The summed E-state index contributed by atoms with van der Waals surface area (Å²) in [5, 5.41) is 0. The highest BCUT2D eigenvalue weighted by Gasteiger charge is 2.35. The molecule has 21 heavy (non-hydrogen) atoms. The van der Waals surface area contributed by atoms with Crippen LogP contribution in [0.2, 0.25) is 0 Å². The van der Waals surface area contributed by atoms with Gasteiger partial charge in [-0.05, 0) is 6.42 Å². The number of carbonyl (C=O) groups is 2. The van der Waals surface area contributed by atoms with E-state index in [1.54, 1.807) is 0 Å². The van der Waals surface area contributed by atoms with Crippen LogP contribution in [-0.4, -0.2) is 37.0 Å². The summed E-state index contributed by atoms with van der Waals surface area (Å²) >= 11 is 0. The monoisotopic (exact) mass is 305 g/mol. The van der Waals surface area contributed by atoms with Gasteiger partial charge in [0, 0.05) is 19.2 Å². The van der Waals surface area contributed by atoms with E-state index in [9.17, 15) is 27.2 Å². The Morgan fingerprint density at radius 2 is 1.76 bits per heavy atom. The highest BCUT2D eigenvalue weighted by Crippen LogP contribution is 2.24. The van der Waals surface area contributed by atoms with Gasteiger partial charge in [-0.25, -0.2) is 17.6 Å². The van der Waals surface area contributed by atoms with E-state index in [0.717, 1.165) is 4.90 Å². The van der Waals surface area contributed by atoms with Crippen LogP contribution in [0.1, 0.15) is 16.8 Å². The van der Waals surface area contributed by atoms with Crippen LogP contribution in [0.5, 0.6) is 0 Å². The first-order valence-electron chi connectivity index (χ1n) is 6.07. The first kappa shape index (κ1) is 15.3. The van der Waals surface area contributed by atoms with Crippen molar-refractivity contribution in [3.63, 3.8) is 0 Å². The number of nitrogens with zero attached hydrogens (tertiary/aromatic N) is 1. The smallest absolute Gasteiger partial charge is 0.310 e. The fraction of sp³-hybridized carbons (Fsp3) is 0.385. The average molecular weight is 305 g/mol. The number of methoxy groups -OCH3 is 1. The average Bonchev–Trinajstić information content (AvgIpc) is 2.94. The van der Waals surface area contributed by atoms with Crippen molar-refractivity contribution in [2.45, 2.75) is 6.42 Å². The summed E-state index contributed by atoms with van der Waals surface area (Å²) in [6, 6.07) is 0.0304. The zero-order valence-corrected chi connectivity index (χ0v) is 11.0. The summed E-state index contributed by atoms with van der Waals surface area (Å²) in [5.74, 6) is -9.18. The van der Waals surface area contributed by atoms with Gasteiger partial charge >= 0.3 is 5.97 Å². The third-order valence-electron chi connectivity index (χ3n) is 3.34. The van der Waals surface area contributed by atoms with E-state index in [1.165, 1.54) is 7.11 Å². The summed E-state index contributed by atoms with van der Waals surface area (Å²) in [6.07, 6.45) is 0.249. The SMILES string of the molecule is COC(=O)[C@@H]1CCN(C(=O)c2c(F)c(F)cc(F)c2F)C1. The molecule has 0 bridgehead atoms. The molecule has 1 aromatic carbocycles. The Morgan fingerprint density at radius 1 is 1.19 bits per heavy atom. The molecule has 1 aromatic rings. The molecule has 0 spiro atoms. The lowest BCUT2D eigenvalue weighted by molar-refractivity contribution is -0.144. The van der Waals surface area contributed by atoms with Gasteiger partial charge in [-0.1, -0.05) is 0 Å². The number of likely N-dealkylation sites (tertiary alicyclic amines) is 1. The molecule has 1 aliphatic rings. The number of hydrogen-bond acceptors (Lipinski definition) is 3. The van der Waals surface area contributed by atoms with Crippen molar-refractivity contribution in [1.82, 2.24) is 4.90 Å². The Morgan fingerprint density at radius 3 is 2.29 bits per heavy atom. The molecule has 0 unspecified atom stereocenters. The van der Waals surface area contributed by atoms with E-state index < -0.39 is 46.6 Å². The number of amides is 1. The maximum Gasteiger partial charge on any atom is 0.310 e. The Balaban J connectivity index is 2.28. The van der Waals surface area contributed by atoms with Gasteiger partial charge in [0.05, 0.1) is 13.0 Å². The van der Waals surface area contributed by atoms with Gasteiger partial charge in [-0.15, -0.1) is 0 Å². The van der Waals surface area contributed by atoms with Crippen LogP contribution >= 0.6 is 0 Å². The molecular weight excluding hydrogens is 294 g/mol. The predicted molar refractivity (Wildman–Crippen MR) is 62.3 cm³/mol. The molecule has 8 heteroatoms. The molecule has 1 amide bonds. The Hall–Kier alpha value is -2.12. The molecule has 0 aliphatic carbocycles. The molecular formula is C13H11F4NO3. The van der Waals surface area contributed by atoms with Crippen LogP contribution in [0.3, 0.4) is 0 Å². The molecule has 1 aliphatic heterocycles. The molecule has 0 radical (unpaired) electrons. The van der Waals surface area contributed by atoms with Crippen LogP contribution in [0.15, 0.2) is 6.07 Å². The molecule has 2 rings (SSSR count). The fourth-order valence-electron chi connectivity index (χ4n) is 2.22. The van der Waals surface area contributed by atoms with E-state index in [2.05, 4.69) is 4.74 Å². The van der Waals surface area contributed by atoms with Crippen LogP contribution in [0, 0.1) is 29.2 Å². The van der Waals surface area contributed by atoms with Crippen molar-refractivity contribution in [2.75, 3.05) is 20.2 Å². The number of benzene rings is 1. The second-order valence-electron chi connectivity index (χ2n) is 4.60. The third kappa shape index (κ3) is 2.70. The molecule has 4 nitrogen and oxygen atoms in total. The largest absolute Gasteiger partial charge is 0.469 e. The van der Waals surface area contributed by atoms with Gasteiger partial charge in [-0.2, -0.15) is 0 Å². The van der Waals surface area contributed by atoms with E-state index >= 15 is 0 Å². The highest BCUT2D eigenvalue weighted by atomic mass is 19.2. The van der Waals surface area contributed by atoms with E-state index in [0.29, 0.717) is 0 Å². The standard InChI is InChI=1S/C13H11F4NO3/c1-21-13(20)6-2-3-18(5-6)12(19)9-10(16)7(14)4-8(15)11(9)17/h4,6H,2-3,5H2,1H3/t6-/m1/s1. The van der Waals surface area contributed by atoms with Crippen molar-refractivity contribution in [3.8, 4) is 0 Å². The van der Waals surface area contributed by atoms with Gasteiger partial charge in [0.2, 0.25) is 0 Å². The number of esters is 1. The Bertz CT molecular complexity index is 579. The second kappa shape index (κ2) is 5.71. The van der Waals surface area contributed by atoms with Gasteiger partial charge in [0.1, 0.15) is 5.56 Å². The van der Waals surface area contributed by atoms with Crippen LogP contribution < -0.4 is 0 Å².